The van der Waals surface area contributed by atoms with Gasteiger partial charge < -0.3 is 9.84 Å². The number of para-hydroxylation sites is 1. The van der Waals surface area contributed by atoms with Crippen molar-refractivity contribution in [1.29, 1.82) is 0 Å². The van der Waals surface area contributed by atoms with E-state index in [1.165, 1.54) is 10.9 Å². The van der Waals surface area contributed by atoms with E-state index in [0.717, 1.165) is 0 Å². The van der Waals surface area contributed by atoms with E-state index in [1.807, 2.05) is 30.3 Å². The minimum atomic E-state index is -0.767. The van der Waals surface area contributed by atoms with E-state index in [0.29, 0.717) is 17.0 Å². The molecule has 5 nitrogen and oxygen atoms in total. The molecule has 2 aromatic rings. The van der Waals surface area contributed by atoms with Gasteiger partial charge in [-0.3, -0.25) is 9.36 Å². The zero-order chi connectivity index (χ0) is 14.5. The van der Waals surface area contributed by atoms with Gasteiger partial charge in [0.15, 0.2) is 0 Å². The van der Waals surface area contributed by atoms with E-state index in [-0.39, 0.29) is 18.7 Å². The summed E-state index contributed by atoms with van der Waals surface area (Å²) in [5, 5.41) is 9.94. The van der Waals surface area contributed by atoms with Crippen molar-refractivity contribution in [3.05, 3.63) is 58.3 Å². The van der Waals surface area contributed by atoms with Crippen molar-refractivity contribution in [2.45, 2.75) is 26.5 Å². The Hall–Kier alpha value is -2.14. The van der Waals surface area contributed by atoms with Crippen molar-refractivity contribution >= 4 is 0 Å². The number of aliphatic hydroxyl groups excluding tert-OH is 1. The first-order chi connectivity index (χ1) is 9.58. The lowest BCUT2D eigenvalue weighted by Gasteiger charge is -2.14. The van der Waals surface area contributed by atoms with E-state index in [1.54, 1.807) is 13.8 Å². The molecule has 0 aliphatic heterocycles. The molecule has 106 valence electrons. The molecular formula is C15H18N2O3. The van der Waals surface area contributed by atoms with Gasteiger partial charge >= 0.3 is 0 Å². The quantitative estimate of drug-likeness (QED) is 0.892. The highest BCUT2D eigenvalue weighted by atomic mass is 16.5. The topological polar surface area (TPSA) is 64.3 Å². The molecule has 1 heterocycles. The van der Waals surface area contributed by atoms with Crippen LogP contribution in [0.25, 0.3) is 0 Å². The molecule has 0 bridgehead atoms. The molecule has 0 aliphatic carbocycles. The van der Waals surface area contributed by atoms with E-state index >= 15 is 0 Å². The average molecular weight is 274 g/mol. The molecule has 1 aromatic carbocycles. The van der Waals surface area contributed by atoms with Crippen LogP contribution in [-0.4, -0.2) is 27.4 Å². The van der Waals surface area contributed by atoms with Crippen LogP contribution in [0.5, 0.6) is 5.75 Å². The molecular weight excluding hydrogens is 256 g/mol. The van der Waals surface area contributed by atoms with Crippen LogP contribution >= 0.6 is 0 Å². The highest BCUT2D eigenvalue weighted by molar-refractivity contribution is 5.20. The number of aliphatic hydroxyl groups is 1. The summed E-state index contributed by atoms with van der Waals surface area (Å²) in [6, 6.07) is 9.25. The first-order valence-corrected chi connectivity index (χ1v) is 6.46. The predicted octanol–water partition coefficient (Wildman–Crippen LogP) is 1.30. The Kier molecular flexibility index (Phi) is 4.53. The van der Waals surface area contributed by atoms with Crippen molar-refractivity contribution in [3.8, 4) is 5.75 Å². The van der Waals surface area contributed by atoms with Gasteiger partial charge in [0, 0.05) is 11.3 Å². The first-order valence-electron chi connectivity index (χ1n) is 6.46. The second-order valence-electron chi connectivity index (χ2n) is 4.69. The molecule has 0 fully saturated rings. The van der Waals surface area contributed by atoms with Crippen LogP contribution in [0.2, 0.25) is 0 Å². The lowest BCUT2D eigenvalue weighted by molar-refractivity contribution is 0.0912. The minimum absolute atomic E-state index is 0.128. The largest absolute Gasteiger partial charge is 0.491 e. The van der Waals surface area contributed by atoms with Crippen LogP contribution in [0.1, 0.15) is 11.3 Å². The molecule has 1 aromatic heterocycles. The van der Waals surface area contributed by atoms with Crippen LogP contribution in [0.15, 0.2) is 41.5 Å². The monoisotopic (exact) mass is 274 g/mol. The Morgan fingerprint density at radius 3 is 2.70 bits per heavy atom. The maximum atomic E-state index is 12.0. The first kappa shape index (κ1) is 14.3. The Bertz CT molecular complexity index is 623. The molecule has 0 unspecified atom stereocenters. The summed E-state index contributed by atoms with van der Waals surface area (Å²) in [6.07, 6.45) is 0.688. The molecule has 1 atom stereocenters. The smallest absolute Gasteiger partial charge is 0.256 e. The standard InChI is InChI=1S/C15H18N2O3/c1-11-12(2)16-10-17(15(11)19)8-13(18)9-20-14-6-4-3-5-7-14/h3-7,10,13,18H,8-9H2,1-2H3/t13-/m1/s1. The summed E-state index contributed by atoms with van der Waals surface area (Å²) < 4.78 is 6.85. The highest BCUT2D eigenvalue weighted by Gasteiger charge is 2.10. The normalized spacial score (nSPS) is 12.2. The van der Waals surface area contributed by atoms with Gasteiger partial charge in [0.05, 0.1) is 12.9 Å². The van der Waals surface area contributed by atoms with E-state index in [2.05, 4.69) is 4.98 Å². The maximum absolute atomic E-state index is 12.0. The number of rotatable bonds is 5. The maximum Gasteiger partial charge on any atom is 0.256 e. The zero-order valence-corrected chi connectivity index (χ0v) is 11.6. The number of benzene rings is 1. The van der Waals surface area contributed by atoms with Crippen molar-refractivity contribution in [2.24, 2.45) is 0 Å². The summed E-state index contributed by atoms with van der Waals surface area (Å²) in [5.41, 5.74) is 1.18. The molecule has 20 heavy (non-hydrogen) atoms. The summed E-state index contributed by atoms with van der Waals surface area (Å²) in [7, 11) is 0. The number of hydrogen-bond acceptors (Lipinski definition) is 4. The predicted molar refractivity (Wildman–Crippen MR) is 75.9 cm³/mol. The number of nitrogens with zero attached hydrogens (tertiary/aromatic N) is 2. The summed E-state index contributed by atoms with van der Waals surface area (Å²) in [4.78, 5) is 16.1. The third kappa shape index (κ3) is 3.45. The molecule has 0 saturated heterocycles. The SMILES string of the molecule is Cc1ncn(C[C@@H](O)COc2ccccc2)c(=O)c1C. The summed E-state index contributed by atoms with van der Waals surface area (Å²) in [6.45, 7) is 3.81. The van der Waals surface area contributed by atoms with E-state index in [9.17, 15) is 9.90 Å². The Morgan fingerprint density at radius 2 is 2.00 bits per heavy atom. The average Bonchev–Trinajstić information content (AvgIpc) is 2.47. The molecule has 0 saturated carbocycles. The molecule has 5 heteroatoms. The lowest BCUT2D eigenvalue weighted by Crippen LogP contribution is -2.31. The fourth-order valence-corrected chi connectivity index (χ4v) is 1.79. The summed E-state index contributed by atoms with van der Waals surface area (Å²) in [5.74, 6) is 0.692. The molecule has 2 rings (SSSR count). The fraction of sp³-hybridized carbons (Fsp3) is 0.333. The third-order valence-corrected chi connectivity index (χ3v) is 3.11. The van der Waals surface area contributed by atoms with Gasteiger partial charge in [0.1, 0.15) is 18.5 Å². The molecule has 0 spiro atoms. The number of hydrogen-bond donors (Lipinski definition) is 1. The van der Waals surface area contributed by atoms with Crippen molar-refractivity contribution < 1.29 is 9.84 Å². The number of ether oxygens (including phenoxy) is 1. The molecule has 0 aliphatic rings. The van der Waals surface area contributed by atoms with Crippen molar-refractivity contribution in [2.75, 3.05) is 6.61 Å². The number of aryl methyl sites for hydroxylation is 1. The van der Waals surface area contributed by atoms with Crippen LogP contribution in [0.3, 0.4) is 0 Å². The lowest BCUT2D eigenvalue weighted by atomic mass is 10.2. The summed E-state index contributed by atoms with van der Waals surface area (Å²) >= 11 is 0. The third-order valence-electron chi connectivity index (χ3n) is 3.11. The van der Waals surface area contributed by atoms with Crippen molar-refractivity contribution in [1.82, 2.24) is 9.55 Å². The second-order valence-corrected chi connectivity index (χ2v) is 4.69. The van der Waals surface area contributed by atoms with Crippen LogP contribution in [-0.2, 0) is 6.54 Å². The Balaban J connectivity index is 1.97. The van der Waals surface area contributed by atoms with Crippen molar-refractivity contribution in [3.63, 3.8) is 0 Å². The highest BCUT2D eigenvalue weighted by Crippen LogP contribution is 2.08. The molecule has 0 radical (unpaired) electrons. The van der Waals surface area contributed by atoms with E-state index in [4.69, 9.17) is 4.74 Å². The molecule has 1 N–H and O–H groups in total. The number of aromatic nitrogens is 2. The van der Waals surface area contributed by atoms with E-state index < -0.39 is 6.10 Å². The van der Waals surface area contributed by atoms with Gasteiger partial charge in [-0.25, -0.2) is 4.98 Å². The van der Waals surface area contributed by atoms with Gasteiger partial charge in [0.2, 0.25) is 0 Å². The fourth-order valence-electron chi connectivity index (χ4n) is 1.79. The van der Waals surface area contributed by atoms with Gasteiger partial charge in [-0.2, -0.15) is 0 Å². The molecule has 0 amide bonds. The van der Waals surface area contributed by atoms with Crippen LogP contribution in [0.4, 0.5) is 0 Å². The second kappa shape index (κ2) is 6.34. The van der Waals surface area contributed by atoms with Gasteiger partial charge in [-0.15, -0.1) is 0 Å². The van der Waals surface area contributed by atoms with Crippen LogP contribution in [0, 0.1) is 13.8 Å². The van der Waals surface area contributed by atoms with Gasteiger partial charge in [-0.05, 0) is 26.0 Å². The van der Waals surface area contributed by atoms with Crippen LogP contribution < -0.4 is 10.3 Å². The minimum Gasteiger partial charge on any atom is -0.491 e. The Labute approximate surface area is 117 Å². The van der Waals surface area contributed by atoms with Gasteiger partial charge in [0.25, 0.3) is 5.56 Å². The zero-order valence-electron chi connectivity index (χ0n) is 11.6. The van der Waals surface area contributed by atoms with Gasteiger partial charge in [-0.1, -0.05) is 18.2 Å². The Morgan fingerprint density at radius 1 is 1.30 bits per heavy atom.